The Balaban J connectivity index is 3.30. The molecular formula is C9H12Cl2O3SSi. The van der Waals surface area contributed by atoms with Crippen LogP contribution in [-0.4, -0.2) is 16.7 Å². The first-order valence-corrected chi connectivity index (χ1v) is 10.6. The zero-order valence-electron chi connectivity index (χ0n) is 9.12. The minimum atomic E-state index is -3.84. The lowest BCUT2D eigenvalue weighted by molar-refractivity contribution is 0.537. The predicted octanol–water partition coefficient (Wildman–Crippen LogP) is 3.48. The SMILES string of the molecule is C[Si](C)(C)Oc1ccc(Cl)cc1S(=O)(=O)Cl. The van der Waals surface area contributed by atoms with Crippen LogP contribution in [0.1, 0.15) is 0 Å². The molecule has 3 nitrogen and oxygen atoms in total. The zero-order chi connectivity index (χ0) is 12.6. The van der Waals surface area contributed by atoms with Gasteiger partial charge in [-0.05, 0) is 37.8 Å². The van der Waals surface area contributed by atoms with Crippen molar-refractivity contribution in [3.63, 3.8) is 0 Å². The molecule has 1 aromatic carbocycles. The molecule has 0 atom stereocenters. The van der Waals surface area contributed by atoms with Crippen molar-refractivity contribution in [3.05, 3.63) is 23.2 Å². The Morgan fingerprint density at radius 1 is 1.25 bits per heavy atom. The molecule has 0 amide bonds. The molecule has 0 aromatic heterocycles. The maximum atomic E-state index is 11.3. The van der Waals surface area contributed by atoms with Crippen LogP contribution < -0.4 is 4.43 Å². The van der Waals surface area contributed by atoms with Gasteiger partial charge in [0.05, 0.1) is 0 Å². The van der Waals surface area contributed by atoms with E-state index in [9.17, 15) is 8.42 Å². The van der Waals surface area contributed by atoms with Crippen molar-refractivity contribution in [2.75, 3.05) is 0 Å². The van der Waals surface area contributed by atoms with Gasteiger partial charge < -0.3 is 4.43 Å². The number of halogens is 2. The molecule has 7 heteroatoms. The Morgan fingerprint density at radius 3 is 2.25 bits per heavy atom. The van der Waals surface area contributed by atoms with E-state index in [1.54, 1.807) is 6.07 Å². The number of hydrogen-bond donors (Lipinski definition) is 0. The van der Waals surface area contributed by atoms with E-state index in [1.165, 1.54) is 12.1 Å². The monoisotopic (exact) mass is 298 g/mol. The second-order valence-corrected chi connectivity index (χ2v) is 11.6. The van der Waals surface area contributed by atoms with E-state index in [-0.39, 0.29) is 10.6 Å². The van der Waals surface area contributed by atoms with Gasteiger partial charge in [0.25, 0.3) is 9.05 Å². The first-order valence-electron chi connectivity index (χ1n) is 4.53. The highest BCUT2D eigenvalue weighted by molar-refractivity contribution is 8.13. The van der Waals surface area contributed by atoms with Crippen LogP contribution in [0, 0.1) is 0 Å². The highest BCUT2D eigenvalue weighted by atomic mass is 35.7. The fraction of sp³-hybridized carbons (Fsp3) is 0.333. The summed E-state index contributed by atoms with van der Waals surface area (Å²) in [6.45, 7) is 5.85. The zero-order valence-corrected chi connectivity index (χ0v) is 12.4. The molecule has 0 fully saturated rings. The van der Waals surface area contributed by atoms with Crippen LogP contribution in [0.3, 0.4) is 0 Å². The summed E-state index contributed by atoms with van der Waals surface area (Å²) in [4.78, 5) is -0.0795. The average molecular weight is 299 g/mol. The summed E-state index contributed by atoms with van der Waals surface area (Å²) < 4.78 is 28.3. The highest BCUT2D eigenvalue weighted by Crippen LogP contribution is 2.31. The van der Waals surface area contributed by atoms with Crippen molar-refractivity contribution in [1.29, 1.82) is 0 Å². The molecule has 0 N–H and O–H groups in total. The Hall–Kier alpha value is -0.233. The van der Waals surface area contributed by atoms with Crippen LogP contribution in [0.2, 0.25) is 24.7 Å². The van der Waals surface area contributed by atoms with E-state index < -0.39 is 17.4 Å². The molecule has 0 aliphatic rings. The summed E-state index contributed by atoms with van der Waals surface area (Å²) in [6, 6.07) is 4.39. The summed E-state index contributed by atoms with van der Waals surface area (Å²) >= 11 is 5.73. The van der Waals surface area contributed by atoms with Crippen molar-refractivity contribution in [1.82, 2.24) is 0 Å². The molecule has 1 aromatic rings. The fourth-order valence-electron chi connectivity index (χ4n) is 1.09. The van der Waals surface area contributed by atoms with Crippen LogP contribution >= 0.6 is 22.3 Å². The third-order valence-corrected chi connectivity index (χ3v) is 4.00. The fourth-order valence-corrected chi connectivity index (χ4v) is 3.21. The largest absolute Gasteiger partial charge is 0.543 e. The molecule has 16 heavy (non-hydrogen) atoms. The second kappa shape index (κ2) is 4.56. The molecule has 0 radical (unpaired) electrons. The maximum Gasteiger partial charge on any atom is 0.264 e. The lowest BCUT2D eigenvalue weighted by Gasteiger charge is -2.20. The van der Waals surface area contributed by atoms with Gasteiger partial charge in [-0.3, -0.25) is 0 Å². The van der Waals surface area contributed by atoms with Gasteiger partial charge in [-0.15, -0.1) is 0 Å². The van der Waals surface area contributed by atoms with Crippen molar-refractivity contribution in [2.45, 2.75) is 24.5 Å². The third kappa shape index (κ3) is 3.97. The molecule has 0 bridgehead atoms. The first-order chi connectivity index (χ1) is 7.09. The molecule has 0 saturated heterocycles. The Labute approximate surface area is 106 Å². The molecule has 0 heterocycles. The first kappa shape index (κ1) is 13.8. The molecular weight excluding hydrogens is 287 g/mol. The van der Waals surface area contributed by atoms with Gasteiger partial charge in [-0.2, -0.15) is 0 Å². The van der Waals surface area contributed by atoms with Crippen LogP contribution in [-0.2, 0) is 9.05 Å². The summed E-state index contributed by atoms with van der Waals surface area (Å²) in [5.74, 6) is 0.263. The number of benzene rings is 1. The topological polar surface area (TPSA) is 43.4 Å². The van der Waals surface area contributed by atoms with E-state index in [0.29, 0.717) is 5.02 Å². The Morgan fingerprint density at radius 2 is 1.81 bits per heavy atom. The molecule has 0 aliphatic carbocycles. The standard InChI is InChI=1S/C9H12Cl2O3SSi/c1-16(2,3)14-8-5-4-7(10)6-9(8)15(11,12)13/h4-6H,1-3H3. The van der Waals surface area contributed by atoms with Gasteiger partial charge in [0, 0.05) is 15.7 Å². The van der Waals surface area contributed by atoms with Crippen molar-refractivity contribution < 1.29 is 12.8 Å². The van der Waals surface area contributed by atoms with E-state index >= 15 is 0 Å². The summed E-state index contributed by atoms with van der Waals surface area (Å²) in [7, 11) is -0.422. The van der Waals surface area contributed by atoms with Crippen molar-refractivity contribution in [2.24, 2.45) is 0 Å². The lowest BCUT2D eigenvalue weighted by Crippen LogP contribution is -2.29. The summed E-state index contributed by atoms with van der Waals surface area (Å²) in [5.41, 5.74) is 0. The maximum absolute atomic E-state index is 11.3. The van der Waals surface area contributed by atoms with Crippen LogP contribution in [0.25, 0.3) is 0 Å². The minimum Gasteiger partial charge on any atom is -0.543 e. The van der Waals surface area contributed by atoms with Gasteiger partial charge in [-0.1, -0.05) is 11.6 Å². The van der Waals surface area contributed by atoms with Crippen molar-refractivity contribution >= 4 is 39.7 Å². The van der Waals surface area contributed by atoms with Crippen LogP contribution in [0.4, 0.5) is 0 Å². The Kier molecular flexibility index (Phi) is 3.94. The third-order valence-electron chi connectivity index (χ3n) is 1.58. The summed E-state index contributed by atoms with van der Waals surface area (Å²) in [5, 5.41) is 0.308. The van der Waals surface area contributed by atoms with Crippen LogP contribution in [0.5, 0.6) is 5.75 Å². The van der Waals surface area contributed by atoms with Crippen molar-refractivity contribution in [3.8, 4) is 5.75 Å². The lowest BCUT2D eigenvalue weighted by atomic mass is 10.3. The van der Waals surface area contributed by atoms with E-state index in [4.69, 9.17) is 26.7 Å². The normalized spacial score (nSPS) is 12.6. The molecule has 1 rings (SSSR count). The van der Waals surface area contributed by atoms with Crippen LogP contribution in [0.15, 0.2) is 23.1 Å². The molecule has 0 aliphatic heterocycles. The van der Waals surface area contributed by atoms with Gasteiger partial charge in [0.1, 0.15) is 10.6 Å². The molecule has 0 saturated carbocycles. The smallest absolute Gasteiger partial charge is 0.264 e. The number of rotatable bonds is 3. The highest BCUT2D eigenvalue weighted by Gasteiger charge is 2.23. The summed E-state index contributed by atoms with van der Waals surface area (Å²) in [6.07, 6.45) is 0. The average Bonchev–Trinajstić information content (AvgIpc) is 2.04. The number of hydrogen-bond acceptors (Lipinski definition) is 3. The van der Waals surface area contributed by atoms with E-state index in [0.717, 1.165) is 0 Å². The minimum absolute atomic E-state index is 0.0795. The molecule has 0 unspecified atom stereocenters. The molecule has 90 valence electrons. The Bertz CT molecular complexity index is 494. The molecule has 0 spiro atoms. The van der Waals surface area contributed by atoms with Gasteiger partial charge >= 0.3 is 0 Å². The quantitative estimate of drug-likeness (QED) is 0.634. The second-order valence-electron chi connectivity index (χ2n) is 4.24. The van der Waals surface area contributed by atoms with E-state index in [1.807, 2.05) is 19.6 Å². The predicted molar refractivity (Wildman–Crippen MR) is 68.5 cm³/mol. The van der Waals surface area contributed by atoms with Gasteiger partial charge in [0.2, 0.25) is 8.32 Å². The van der Waals surface area contributed by atoms with E-state index in [2.05, 4.69) is 0 Å². The van der Waals surface area contributed by atoms with Gasteiger partial charge in [0.15, 0.2) is 0 Å². The van der Waals surface area contributed by atoms with Gasteiger partial charge in [-0.25, -0.2) is 8.42 Å².